The van der Waals surface area contributed by atoms with Crippen molar-refractivity contribution in [3.05, 3.63) is 47.5 Å². The number of hydrogen-bond donors (Lipinski definition) is 0. The molecule has 0 radical (unpaired) electrons. The van der Waals surface area contributed by atoms with Crippen LogP contribution in [0.3, 0.4) is 0 Å². The number of rotatable bonds is 4. The summed E-state index contributed by atoms with van der Waals surface area (Å²) in [6.45, 7) is 5.98. The lowest BCUT2D eigenvalue weighted by Crippen LogP contribution is -1.90. The van der Waals surface area contributed by atoms with Crippen LogP contribution >= 0.6 is 11.8 Å². The average Bonchev–Trinajstić information content (AvgIpc) is 3.03. The zero-order valence-electron chi connectivity index (χ0n) is 11.7. The average molecular weight is 288 g/mol. The second kappa shape index (κ2) is 5.28. The third-order valence-corrected chi connectivity index (χ3v) is 4.28. The highest BCUT2D eigenvalue weighted by atomic mass is 32.2. The normalized spacial score (nSPS) is 12.9. The van der Waals surface area contributed by atoms with Crippen molar-refractivity contribution < 1.29 is 4.52 Å². The van der Waals surface area contributed by atoms with Gasteiger partial charge in [0.2, 0.25) is 5.89 Å². The fraction of sp³-hybridized carbons (Fsp3) is 0.357. The van der Waals surface area contributed by atoms with Crippen molar-refractivity contribution >= 4 is 17.4 Å². The van der Waals surface area contributed by atoms with Gasteiger partial charge in [-0.05, 0) is 32.9 Å². The highest BCUT2D eigenvalue weighted by molar-refractivity contribution is 7.98. The quantitative estimate of drug-likeness (QED) is 0.737. The minimum atomic E-state index is 0.169. The van der Waals surface area contributed by atoms with Gasteiger partial charge in [0.05, 0.1) is 10.9 Å². The summed E-state index contributed by atoms with van der Waals surface area (Å²) in [5, 5.41) is 3.99. The van der Waals surface area contributed by atoms with Crippen molar-refractivity contribution in [1.82, 2.24) is 19.5 Å². The van der Waals surface area contributed by atoms with E-state index in [-0.39, 0.29) is 5.25 Å². The Labute approximate surface area is 121 Å². The lowest BCUT2D eigenvalue weighted by Gasteiger charge is -2.03. The third-order valence-electron chi connectivity index (χ3n) is 3.12. The molecular formula is C14H16N4OS. The first-order valence-corrected chi connectivity index (χ1v) is 7.54. The van der Waals surface area contributed by atoms with Crippen molar-refractivity contribution in [2.75, 3.05) is 0 Å². The Bertz CT molecular complexity index is 734. The minimum absolute atomic E-state index is 0.169. The maximum atomic E-state index is 5.18. The maximum absolute atomic E-state index is 5.18. The predicted molar refractivity (Wildman–Crippen MR) is 78.7 cm³/mol. The number of imidazole rings is 1. The van der Waals surface area contributed by atoms with Gasteiger partial charge in [-0.1, -0.05) is 11.2 Å². The summed E-state index contributed by atoms with van der Waals surface area (Å²) in [5.74, 6) is 2.17. The van der Waals surface area contributed by atoms with E-state index in [0.717, 1.165) is 17.1 Å². The van der Waals surface area contributed by atoms with E-state index in [2.05, 4.69) is 45.6 Å². The highest BCUT2D eigenvalue weighted by Gasteiger charge is 2.14. The Kier molecular flexibility index (Phi) is 3.48. The predicted octanol–water partition coefficient (Wildman–Crippen LogP) is 3.33. The molecule has 0 aliphatic rings. The monoisotopic (exact) mass is 288 g/mol. The molecule has 0 spiro atoms. The number of nitrogens with zero attached hydrogens (tertiary/aromatic N) is 4. The molecule has 0 saturated heterocycles. The van der Waals surface area contributed by atoms with Crippen LogP contribution in [0.1, 0.15) is 35.3 Å². The number of aromatic nitrogens is 4. The number of aryl methyl sites for hydroxylation is 2. The van der Waals surface area contributed by atoms with Crippen LogP contribution < -0.4 is 0 Å². The molecule has 0 amide bonds. The second-order valence-electron chi connectivity index (χ2n) is 4.76. The summed E-state index contributed by atoms with van der Waals surface area (Å²) in [7, 11) is 0. The van der Waals surface area contributed by atoms with Crippen molar-refractivity contribution in [2.45, 2.75) is 31.8 Å². The highest BCUT2D eigenvalue weighted by Crippen LogP contribution is 2.29. The molecule has 6 heteroatoms. The number of hydrogen-bond acceptors (Lipinski definition) is 5. The van der Waals surface area contributed by atoms with E-state index in [1.165, 1.54) is 5.69 Å². The molecular weight excluding hydrogens is 272 g/mol. The summed E-state index contributed by atoms with van der Waals surface area (Å²) in [6.07, 6.45) is 2.09. The number of fused-ring (bicyclic) bond motifs is 1. The zero-order chi connectivity index (χ0) is 14.1. The van der Waals surface area contributed by atoms with E-state index in [9.17, 15) is 0 Å². The summed E-state index contributed by atoms with van der Waals surface area (Å²) in [6, 6.07) is 6.12. The zero-order valence-corrected chi connectivity index (χ0v) is 12.5. The van der Waals surface area contributed by atoms with Gasteiger partial charge >= 0.3 is 0 Å². The lowest BCUT2D eigenvalue weighted by molar-refractivity contribution is 0.376. The van der Waals surface area contributed by atoms with Gasteiger partial charge in [0.1, 0.15) is 5.65 Å². The smallest absolute Gasteiger partial charge is 0.239 e. The minimum Gasteiger partial charge on any atom is -0.338 e. The van der Waals surface area contributed by atoms with E-state index >= 15 is 0 Å². The summed E-state index contributed by atoms with van der Waals surface area (Å²) >= 11 is 1.74. The molecule has 104 valence electrons. The summed E-state index contributed by atoms with van der Waals surface area (Å²) in [4.78, 5) is 8.88. The molecule has 0 fully saturated rings. The molecule has 20 heavy (non-hydrogen) atoms. The van der Waals surface area contributed by atoms with Gasteiger partial charge in [-0.2, -0.15) is 4.98 Å². The third kappa shape index (κ3) is 2.56. The molecule has 0 saturated carbocycles. The van der Waals surface area contributed by atoms with Crippen LogP contribution in [0.2, 0.25) is 0 Å². The molecule has 3 rings (SSSR count). The Morgan fingerprint density at radius 1 is 1.30 bits per heavy atom. The summed E-state index contributed by atoms with van der Waals surface area (Å²) in [5.41, 5.74) is 3.24. The standard InChI is InChI=1S/C14H16N4OS/c1-9-5-4-6-13-16-12(7-18(9)13)8-20-10(2)14-15-11(3)17-19-14/h4-7,10H,8H2,1-3H3. The Balaban J connectivity index is 1.72. The van der Waals surface area contributed by atoms with E-state index < -0.39 is 0 Å². The van der Waals surface area contributed by atoms with Gasteiger partial charge < -0.3 is 8.92 Å². The first-order valence-electron chi connectivity index (χ1n) is 6.49. The van der Waals surface area contributed by atoms with Crippen molar-refractivity contribution in [3.63, 3.8) is 0 Å². The number of thioether (sulfide) groups is 1. The van der Waals surface area contributed by atoms with Gasteiger partial charge in [0, 0.05) is 17.6 Å². The van der Waals surface area contributed by atoms with E-state index in [4.69, 9.17) is 4.52 Å². The molecule has 1 unspecified atom stereocenters. The molecule has 3 aromatic heterocycles. The Hall–Kier alpha value is -1.82. The van der Waals surface area contributed by atoms with Crippen LogP contribution in [0.15, 0.2) is 28.9 Å². The Morgan fingerprint density at radius 3 is 2.85 bits per heavy atom. The fourth-order valence-electron chi connectivity index (χ4n) is 2.03. The van der Waals surface area contributed by atoms with Crippen LogP contribution in [-0.2, 0) is 5.75 Å². The SMILES string of the molecule is Cc1noc(C(C)SCc2cn3c(C)cccc3n2)n1. The second-order valence-corrected chi connectivity index (χ2v) is 6.09. The van der Waals surface area contributed by atoms with Gasteiger partial charge in [-0.25, -0.2) is 4.98 Å². The van der Waals surface area contributed by atoms with Crippen LogP contribution in [0, 0.1) is 13.8 Å². The summed E-state index contributed by atoms with van der Waals surface area (Å²) < 4.78 is 7.29. The largest absolute Gasteiger partial charge is 0.338 e. The van der Waals surface area contributed by atoms with Crippen LogP contribution in [-0.4, -0.2) is 19.5 Å². The maximum Gasteiger partial charge on any atom is 0.239 e. The fourth-order valence-corrected chi connectivity index (χ4v) is 2.83. The topological polar surface area (TPSA) is 56.2 Å². The van der Waals surface area contributed by atoms with Gasteiger partial charge in [0.15, 0.2) is 5.82 Å². The molecule has 1 atom stereocenters. The Morgan fingerprint density at radius 2 is 2.15 bits per heavy atom. The molecule has 3 aromatic rings. The molecule has 0 aliphatic heterocycles. The van der Waals surface area contributed by atoms with Crippen molar-refractivity contribution in [3.8, 4) is 0 Å². The lowest BCUT2D eigenvalue weighted by atomic mass is 10.4. The van der Waals surface area contributed by atoms with Gasteiger partial charge in [-0.15, -0.1) is 11.8 Å². The molecule has 3 heterocycles. The molecule has 0 aliphatic carbocycles. The molecule has 0 bridgehead atoms. The van der Waals surface area contributed by atoms with Gasteiger partial charge in [-0.3, -0.25) is 0 Å². The van der Waals surface area contributed by atoms with Gasteiger partial charge in [0.25, 0.3) is 0 Å². The van der Waals surface area contributed by atoms with E-state index in [0.29, 0.717) is 11.7 Å². The van der Waals surface area contributed by atoms with Crippen molar-refractivity contribution in [1.29, 1.82) is 0 Å². The first-order chi connectivity index (χ1) is 9.63. The van der Waals surface area contributed by atoms with Crippen LogP contribution in [0.25, 0.3) is 5.65 Å². The number of pyridine rings is 1. The molecule has 0 aromatic carbocycles. The van der Waals surface area contributed by atoms with E-state index in [1.807, 2.05) is 19.1 Å². The first kappa shape index (κ1) is 13.2. The molecule has 5 nitrogen and oxygen atoms in total. The van der Waals surface area contributed by atoms with Crippen LogP contribution in [0.5, 0.6) is 0 Å². The van der Waals surface area contributed by atoms with E-state index in [1.54, 1.807) is 11.8 Å². The molecule has 0 N–H and O–H groups in total. The van der Waals surface area contributed by atoms with Crippen molar-refractivity contribution in [2.24, 2.45) is 0 Å². The van der Waals surface area contributed by atoms with Crippen LogP contribution in [0.4, 0.5) is 0 Å².